The van der Waals surface area contributed by atoms with Crippen LogP contribution in [0.25, 0.3) is 0 Å². The molecule has 1 nitrogen and oxygen atoms in total. The summed E-state index contributed by atoms with van der Waals surface area (Å²) in [5.41, 5.74) is 0.786. The number of nitrogens with one attached hydrogen (secondary N) is 1. The van der Waals surface area contributed by atoms with Crippen LogP contribution in [-0.2, 0) is 6.18 Å². The first-order chi connectivity index (χ1) is 9.82. The van der Waals surface area contributed by atoms with Crippen molar-refractivity contribution in [2.75, 3.05) is 7.05 Å². The maximum absolute atomic E-state index is 12.9. The van der Waals surface area contributed by atoms with Gasteiger partial charge in [0.1, 0.15) is 0 Å². The number of benzene rings is 2. The summed E-state index contributed by atoms with van der Waals surface area (Å²) in [7, 11) is 1.72. The van der Waals surface area contributed by atoms with E-state index in [1.54, 1.807) is 7.05 Å². The minimum absolute atomic E-state index is 0.324. The lowest BCUT2D eigenvalue weighted by Crippen LogP contribution is -2.19. The summed E-state index contributed by atoms with van der Waals surface area (Å²) >= 11 is 6.68. The minimum atomic E-state index is -4.35. The Morgan fingerprint density at radius 1 is 1.00 bits per heavy atom. The second kappa shape index (κ2) is 6.50. The Hall–Kier alpha value is -0.850. The van der Waals surface area contributed by atoms with Crippen LogP contribution >= 0.6 is 31.9 Å². The summed E-state index contributed by atoms with van der Waals surface area (Å²) in [6, 6.07) is 10.8. The molecule has 2 aromatic rings. The normalized spacial score (nSPS) is 13.2. The first kappa shape index (κ1) is 16.5. The molecule has 21 heavy (non-hydrogen) atoms. The van der Waals surface area contributed by atoms with E-state index >= 15 is 0 Å². The fourth-order valence-corrected chi connectivity index (χ4v) is 2.84. The van der Waals surface area contributed by atoms with Crippen LogP contribution in [0, 0.1) is 0 Å². The van der Waals surface area contributed by atoms with Crippen LogP contribution in [0.3, 0.4) is 0 Å². The highest BCUT2D eigenvalue weighted by atomic mass is 79.9. The van der Waals surface area contributed by atoms with Crippen LogP contribution in [0.5, 0.6) is 0 Å². The Labute approximate surface area is 137 Å². The van der Waals surface area contributed by atoms with Gasteiger partial charge in [0.05, 0.1) is 11.6 Å². The number of hydrogen-bond acceptors (Lipinski definition) is 1. The van der Waals surface area contributed by atoms with Crippen molar-refractivity contribution in [2.45, 2.75) is 12.2 Å². The van der Waals surface area contributed by atoms with Crippen LogP contribution in [0.2, 0.25) is 0 Å². The number of hydrogen-bond donors (Lipinski definition) is 1. The average Bonchev–Trinajstić information content (AvgIpc) is 2.42. The van der Waals surface area contributed by atoms with Gasteiger partial charge in [0.2, 0.25) is 0 Å². The summed E-state index contributed by atoms with van der Waals surface area (Å²) in [6.07, 6.45) is -4.35. The zero-order chi connectivity index (χ0) is 15.6. The summed E-state index contributed by atoms with van der Waals surface area (Å²) in [5.74, 6) is 0. The monoisotopic (exact) mass is 421 g/mol. The van der Waals surface area contributed by atoms with E-state index in [0.29, 0.717) is 10.0 Å². The zero-order valence-corrected chi connectivity index (χ0v) is 14.2. The van der Waals surface area contributed by atoms with Crippen LogP contribution < -0.4 is 5.32 Å². The molecule has 0 aromatic heterocycles. The van der Waals surface area contributed by atoms with Gasteiger partial charge in [-0.15, -0.1) is 0 Å². The molecule has 0 saturated carbocycles. The molecule has 0 aliphatic heterocycles. The zero-order valence-electron chi connectivity index (χ0n) is 11.0. The van der Waals surface area contributed by atoms with Crippen molar-refractivity contribution in [3.63, 3.8) is 0 Å². The van der Waals surface area contributed by atoms with Gasteiger partial charge in [0.25, 0.3) is 0 Å². The topological polar surface area (TPSA) is 12.0 Å². The van der Waals surface area contributed by atoms with Gasteiger partial charge in [-0.1, -0.05) is 44.0 Å². The number of halogens is 5. The van der Waals surface area contributed by atoms with Gasteiger partial charge in [0.15, 0.2) is 0 Å². The summed E-state index contributed by atoms with van der Waals surface area (Å²) in [4.78, 5) is 0. The Kier molecular flexibility index (Phi) is 5.11. The first-order valence-corrected chi connectivity index (χ1v) is 7.71. The molecule has 1 atom stereocenters. The fourth-order valence-electron chi connectivity index (χ4n) is 2.10. The molecule has 0 aliphatic rings. The molecule has 0 fully saturated rings. The molecular formula is C15H12Br2F3N. The van der Waals surface area contributed by atoms with Crippen molar-refractivity contribution < 1.29 is 13.2 Å². The summed E-state index contributed by atoms with van der Waals surface area (Å²) in [5, 5.41) is 3.06. The van der Waals surface area contributed by atoms with Gasteiger partial charge in [-0.25, -0.2) is 0 Å². The van der Waals surface area contributed by atoms with Crippen molar-refractivity contribution in [1.29, 1.82) is 0 Å². The van der Waals surface area contributed by atoms with E-state index in [1.165, 1.54) is 12.1 Å². The molecular weight excluding hydrogens is 411 g/mol. The van der Waals surface area contributed by atoms with Gasteiger partial charge in [-0.2, -0.15) is 13.2 Å². The van der Waals surface area contributed by atoms with Crippen LogP contribution in [-0.4, -0.2) is 7.05 Å². The van der Waals surface area contributed by atoms with E-state index in [2.05, 4.69) is 37.2 Å². The van der Waals surface area contributed by atoms with Crippen LogP contribution in [0.1, 0.15) is 22.7 Å². The van der Waals surface area contributed by atoms with Crippen molar-refractivity contribution in [2.24, 2.45) is 0 Å². The molecule has 2 rings (SSSR count). The highest BCUT2D eigenvalue weighted by Crippen LogP contribution is 2.35. The lowest BCUT2D eigenvalue weighted by molar-refractivity contribution is -0.137. The Morgan fingerprint density at radius 3 is 2.14 bits per heavy atom. The molecule has 6 heteroatoms. The third kappa shape index (κ3) is 3.87. The first-order valence-electron chi connectivity index (χ1n) is 6.12. The minimum Gasteiger partial charge on any atom is -0.309 e. The highest BCUT2D eigenvalue weighted by molar-refractivity contribution is 9.10. The predicted octanol–water partition coefficient (Wildman–Crippen LogP) is 5.54. The van der Waals surface area contributed by atoms with Gasteiger partial charge < -0.3 is 5.32 Å². The molecule has 0 saturated heterocycles. The molecule has 0 aliphatic carbocycles. The van der Waals surface area contributed by atoms with E-state index in [1.807, 2.05) is 24.3 Å². The largest absolute Gasteiger partial charge is 0.416 e. The van der Waals surface area contributed by atoms with E-state index in [-0.39, 0.29) is 6.04 Å². The molecule has 0 heterocycles. The van der Waals surface area contributed by atoms with Crippen molar-refractivity contribution >= 4 is 31.9 Å². The molecule has 2 aromatic carbocycles. The smallest absolute Gasteiger partial charge is 0.309 e. The molecule has 1 unspecified atom stereocenters. The summed E-state index contributed by atoms with van der Waals surface area (Å²) < 4.78 is 40.2. The SMILES string of the molecule is CNC(c1ccc(Br)cc1)c1cc(C(F)(F)F)ccc1Br. The van der Waals surface area contributed by atoms with E-state index < -0.39 is 11.7 Å². The predicted molar refractivity (Wildman–Crippen MR) is 84.2 cm³/mol. The van der Waals surface area contributed by atoms with E-state index in [9.17, 15) is 13.2 Å². The molecule has 112 valence electrons. The number of rotatable bonds is 3. The third-order valence-corrected chi connectivity index (χ3v) is 4.38. The molecule has 1 N–H and O–H groups in total. The average molecular weight is 423 g/mol. The maximum atomic E-state index is 12.9. The fraction of sp³-hybridized carbons (Fsp3) is 0.200. The Bertz CT molecular complexity index is 624. The molecule has 0 bridgehead atoms. The molecule has 0 radical (unpaired) electrons. The Balaban J connectivity index is 2.49. The van der Waals surface area contributed by atoms with Gasteiger partial charge >= 0.3 is 6.18 Å². The van der Waals surface area contributed by atoms with Gasteiger partial charge in [-0.3, -0.25) is 0 Å². The van der Waals surface area contributed by atoms with Crippen molar-refractivity contribution in [3.8, 4) is 0 Å². The van der Waals surface area contributed by atoms with Gasteiger partial charge in [-0.05, 0) is 48.5 Å². The van der Waals surface area contributed by atoms with Crippen LogP contribution in [0.4, 0.5) is 13.2 Å². The molecule has 0 amide bonds. The molecule has 0 spiro atoms. The standard InChI is InChI=1S/C15H12Br2F3N/c1-21-14(9-2-5-11(16)6-3-9)12-8-10(15(18,19)20)4-7-13(12)17/h2-8,14,21H,1H3. The van der Waals surface area contributed by atoms with E-state index in [0.717, 1.165) is 16.1 Å². The van der Waals surface area contributed by atoms with Crippen molar-refractivity contribution in [1.82, 2.24) is 5.32 Å². The quantitative estimate of drug-likeness (QED) is 0.684. The van der Waals surface area contributed by atoms with Crippen molar-refractivity contribution in [3.05, 3.63) is 68.1 Å². The highest BCUT2D eigenvalue weighted by Gasteiger charge is 2.31. The number of alkyl halides is 3. The summed E-state index contributed by atoms with van der Waals surface area (Å²) in [6.45, 7) is 0. The third-order valence-electron chi connectivity index (χ3n) is 3.13. The van der Waals surface area contributed by atoms with Crippen LogP contribution in [0.15, 0.2) is 51.4 Å². The second-order valence-electron chi connectivity index (χ2n) is 4.51. The lowest BCUT2D eigenvalue weighted by atomic mass is 9.97. The Morgan fingerprint density at radius 2 is 1.62 bits per heavy atom. The van der Waals surface area contributed by atoms with Gasteiger partial charge in [0, 0.05) is 8.95 Å². The second-order valence-corrected chi connectivity index (χ2v) is 6.28. The lowest BCUT2D eigenvalue weighted by Gasteiger charge is -2.20. The maximum Gasteiger partial charge on any atom is 0.416 e. The van der Waals surface area contributed by atoms with E-state index in [4.69, 9.17) is 0 Å².